The first-order valence-corrected chi connectivity index (χ1v) is 11.0. The van der Waals surface area contributed by atoms with E-state index in [1.54, 1.807) is 16.5 Å². The Bertz CT molecular complexity index is 1400. The molecule has 0 unspecified atom stereocenters. The van der Waals surface area contributed by atoms with Crippen molar-refractivity contribution in [2.45, 2.75) is 20.8 Å². The molecule has 2 aromatic carbocycles. The molecule has 2 aromatic heterocycles. The lowest BCUT2D eigenvalue weighted by molar-refractivity contribution is 0.103. The molecule has 0 atom stereocenters. The summed E-state index contributed by atoms with van der Waals surface area (Å²) >= 11 is 6.68. The van der Waals surface area contributed by atoms with Crippen LogP contribution in [0, 0.1) is 10.9 Å². The Labute approximate surface area is 187 Å². The molecule has 2 heterocycles. The highest BCUT2D eigenvalue weighted by molar-refractivity contribution is 7.73. The molecule has 0 fully saturated rings. The van der Waals surface area contributed by atoms with Crippen LogP contribution in [0.2, 0.25) is 0 Å². The number of H-pyrrole nitrogens is 1. The van der Waals surface area contributed by atoms with Crippen molar-refractivity contribution in [3.8, 4) is 11.5 Å². The zero-order valence-electron chi connectivity index (χ0n) is 17.3. The second-order valence-electron chi connectivity index (χ2n) is 6.84. The molecule has 0 bridgehead atoms. The van der Waals surface area contributed by atoms with Crippen LogP contribution in [0.4, 0.5) is 5.69 Å². The molecular formula is C22H21N3O4S2. The van der Waals surface area contributed by atoms with Crippen molar-refractivity contribution < 1.29 is 14.3 Å². The topological polar surface area (TPSA) is 84.8 Å². The number of anilines is 1. The number of carbonyl (C=O) groups excluding carboxylic acids is 1. The molecule has 0 saturated heterocycles. The third kappa shape index (κ3) is 3.94. The molecule has 0 aliphatic rings. The number of nitrogens with one attached hydrogen (secondary N) is 2. The summed E-state index contributed by atoms with van der Waals surface area (Å²) in [4.78, 5) is 29.0. The predicted octanol–water partition coefficient (Wildman–Crippen LogP) is 4.93. The van der Waals surface area contributed by atoms with Gasteiger partial charge in [-0.1, -0.05) is 29.0 Å². The van der Waals surface area contributed by atoms with Crippen LogP contribution < -0.4 is 20.3 Å². The average molecular weight is 456 g/mol. The van der Waals surface area contributed by atoms with Gasteiger partial charge in [-0.3, -0.25) is 14.0 Å². The lowest BCUT2D eigenvalue weighted by atomic mass is 10.2. The molecule has 0 aliphatic heterocycles. The molecule has 0 aliphatic carbocycles. The second-order valence-corrected chi connectivity index (χ2v) is 8.48. The lowest BCUT2D eigenvalue weighted by Crippen LogP contribution is -2.15. The number of aromatic amines is 1. The molecule has 1 amide bonds. The van der Waals surface area contributed by atoms with Crippen molar-refractivity contribution in [1.29, 1.82) is 0 Å². The van der Waals surface area contributed by atoms with E-state index in [4.69, 9.17) is 21.7 Å². The van der Waals surface area contributed by atoms with Crippen LogP contribution in [0.3, 0.4) is 0 Å². The summed E-state index contributed by atoms with van der Waals surface area (Å²) in [7, 11) is 0. The van der Waals surface area contributed by atoms with Gasteiger partial charge in [0.1, 0.15) is 10.5 Å². The molecule has 7 nitrogen and oxygen atoms in total. The molecule has 160 valence electrons. The minimum atomic E-state index is -0.339. The summed E-state index contributed by atoms with van der Waals surface area (Å²) in [5.74, 6) is 0.664. The monoisotopic (exact) mass is 455 g/mol. The minimum Gasteiger partial charge on any atom is -0.490 e. The summed E-state index contributed by atoms with van der Waals surface area (Å²) in [5.41, 5.74) is 2.33. The number of rotatable bonds is 6. The van der Waals surface area contributed by atoms with Crippen LogP contribution in [0.1, 0.15) is 29.1 Å². The Kier molecular flexibility index (Phi) is 5.79. The number of benzene rings is 2. The fourth-order valence-corrected chi connectivity index (χ4v) is 4.59. The van der Waals surface area contributed by atoms with E-state index in [9.17, 15) is 9.59 Å². The number of ether oxygens (including phenoxy) is 2. The number of hydrogen-bond acceptors (Lipinski definition) is 6. The maximum atomic E-state index is 13.0. The van der Waals surface area contributed by atoms with Crippen molar-refractivity contribution in [2.75, 3.05) is 18.5 Å². The first-order chi connectivity index (χ1) is 14.9. The van der Waals surface area contributed by atoms with Crippen molar-refractivity contribution in [3.63, 3.8) is 0 Å². The quantitative estimate of drug-likeness (QED) is 0.403. The van der Waals surface area contributed by atoms with Crippen molar-refractivity contribution in [1.82, 2.24) is 9.38 Å². The van der Waals surface area contributed by atoms with E-state index in [-0.39, 0.29) is 11.5 Å². The number of hydrogen-bond donors (Lipinski definition) is 2. The van der Waals surface area contributed by atoms with Gasteiger partial charge >= 0.3 is 0 Å². The van der Waals surface area contributed by atoms with E-state index >= 15 is 0 Å². The first-order valence-electron chi connectivity index (χ1n) is 9.82. The Morgan fingerprint density at radius 1 is 1.13 bits per heavy atom. The van der Waals surface area contributed by atoms with Crippen LogP contribution in [0.15, 0.2) is 41.2 Å². The van der Waals surface area contributed by atoms with Gasteiger partial charge in [-0.05, 0) is 51.2 Å². The maximum absolute atomic E-state index is 13.0. The summed E-state index contributed by atoms with van der Waals surface area (Å²) in [5, 5.41) is 3.26. The second kappa shape index (κ2) is 8.52. The highest BCUT2D eigenvalue weighted by Gasteiger charge is 2.20. The number of fused-ring (bicyclic) bond motifs is 3. The maximum Gasteiger partial charge on any atom is 0.269 e. The Hall–Kier alpha value is -3.17. The molecule has 0 saturated carbocycles. The number of amides is 1. The van der Waals surface area contributed by atoms with Gasteiger partial charge in [0.15, 0.2) is 15.5 Å². The number of carbonyl (C=O) groups is 1. The van der Waals surface area contributed by atoms with Gasteiger partial charge in [-0.15, -0.1) is 0 Å². The van der Waals surface area contributed by atoms with Crippen molar-refractivity contribution in [3.05, 3.63) is 61.1 Å². The molecule has 2 N–H and O–H groups in total. The van der Waals surface area contributed by atoms with E-state index in [0.717, 1.165) is 16.9 Å². The molecule has 9 heteroatoms. The summed E-state index contributed by atoms with van der Waals surface area (Å²) in [6.45, 7) is 6.59. The molecule has 31 heavy (non-hydrogen) atoms. The van der Waals surface area contributed by atoms with Crippen molar-refractivity contribution >= 4 is 51.7 Å². The zero-order valence-corrected chi connectivity index (χ0v) is 18.9. The van der Waals surface area contributed by atoms with Gasteiger partial charge in [0.25, 0.3) is 11.5 Å². The van der Waals surface area contributed by atoms with Crippen LogP contribution in [0.25, 0.3) is 16.6 Å². The normalized spacial score (nSPS) is 11.1. The highest BCUT2D eigenvalue weighted by atomic mass is 32.1. The largest absolute Gasteiger partial charge is 0.490 e. The van der Waals surface area contributed by atoms with Gasteiger partial charge in [0.2, 0.25) is 0 Å². The highest BCUT2D eigenvalue weighted by Crippen LogP contribution is 2.33. The smallest absolute Gasteiger partial charge is 0.269 e. The van der Waals surface area contributed by atoms with Crippen LogP contribution in [-0.2, 0) is 0 Å². The standard InChI is InChI=1S/C22H21N3O4S2/c1-4-28-16-10-14-15(11-17(16)29-5-2)25-19(24-20(14)26)18(31-22(25)30)21(27)23-13-8-6-12(3)7-9-13/h6-11H,4-5H2,1-3H3,(H,23,27)(H,24,26). The van der Waals surface area contributed by atoms with Gasteiger partial charge in [0, 0.05) is 11.8 Å². The lowest BCUT2D eigenvalue weighted by Gasteiger charge is -2.13. The molecule has 0 spiro atoms. The van der Waals surface area contributed by atoms with E-state index in [1.165, 1.54) is 0 Å². The Morgan fingerprint density at radius 2 is 1.77 bits per heavy atom. The molecule has 4 aromatic rings. The molecule has 0 radical (unpaired) electrons. The first kappa shape index (κ1) is 21.1. The molecular weight excluding hydrogens is 434 g/mol. The van der Waals surface area contributed by atoms with E-state index < -0.39 is 0 Å². The number of nitrogens with zero attached hydrogens (tertiary/aromatic N) is 1. The van der Waals surface area contributed by atoms with Crippen molar-refractivity contribution in [2.24, 2.45) is 0 Å². The minimum absolute atomic E-state index is 0.330. The number of aryl methyl sites for hydroxylation is 1. The van der Waals surface area contributed by atoms with Gasteiger partial charge in [-0.2, -0.15) is 0 Å². The van der Waals surface area contributed by atoms with Crippen LogP contribution >= 0.6 is 23.6 Å². The molecule has 4 rings (SSSR count). The van der Waals surface area contributed by atoms with Gasteiger partial charge in [-0.25, -0.2) is 0 Å². The Balaban J connectivity index is 1.89. The van der Waals surface area contributed by atoms with Gasteiger partial charge in [0.05, 0.1) is 24.1 Å². The van der Waals surface area contributed by atoms with E-state index in [2.05, 4.69) is 10.3 Å². The fraction of sp³-hybridized carbons (Fsp3) is 0.227. The van der Waals surface area contributed by atoms with Crippen LogP contribution in [0.5, 0.6) is 11.5 Å². The number of thiazole rings is 1. The average Bonchev–Trinajstić information content (AvgIpc) is 3.07. The van der Waals surface area contributed by atoms with E-state index in [1.807, 2.05) is 45.0 Å². The van der Waals surface area contributed by atoms with E-state index in [0.29, 0.717) is 55.8 Å². The van der Waals surface area contributed by atoms with Crippen LogP contribution in [-0.4, -0.2) is 28.5 Å². The number of aromatic nitrogens is 2. The third-order valence-electron chi connectivity index (χ3n) is 4.71. The predicted molar refractivity (Wildman–Crippen MR) is 126 cm³/mol. The fourth-order valence-electron chi connectivity index (χ4n) is 3.31. The SMILES string of the molecule is CCOc1cc2c(=O)[nH]c3c(C(=O)Nc4ccc(C)cc4)sc(=S)n3c2cc1OCC. The third-order valence-corrected chi connectivity index (χ3v) is 6.08. The summed E-state index contributed by atoms with van der Waals surface area (Å²) in [6.07, 6.45) is 0. The van der Waals surface area contributed by atoms with Gasteiger partial charge < -0.3 is 19.8 Å². The summed E-state index contributed by atoms with van der Waals surface area (Å²) in [6, 6.07) is 10.9. The Morgan fingerprint density at radius 3 is 2.42 bits per heavy atom. The zero-order chi connectivity index (χ0) is 22.1. The summed E-state index contributed by atoms with van der Waals surface area (Å²) < 4.78 is 13.5.